The monoisotopic (exact) mass is 421 g/mol. The van der Waals surface area contributed by atoms with Gasteiger partial charge in [0, 0.05) is 18.7 Å². The van der Waals surface area contributed by atoms with E-state index in [1.165, 1.54) is 7.11 Å². The molecular formula is C14H13ClINO4. The molecule has 7 heteroatoms. The van der Waals surface area contributed by atoms with Crippen molar-refractivity contribution >= 4 is 51.1 Å². The van der Waals surface area contributed by atoms with Gasteiger partial charge in [0.25, 0.3) is 0 Å². The highest BCUT2D eigenvalue weighted by Crippen LogP contribution is 2.34. The van der Waals surface area contributed by atoms with Gasteiger partial charge < -0.3 is 14.2 Å². The summed E-state index contributed by atoms with van der Waals surface area (Å²) in [6.45, 7) is 0.372. The molecule has 0 aliphatic carbocycles. The van der Waals surface area contributed by atoms with Crippen molar-refractivity contribution in [2.24, 2.45) is 0 Å². The predicted molar refractivity (Wildman–Crippen MR) is 87.8 cm³/mol. The van der Waals surface area contributed by atoms with Crippen LogP contribution in [0.4, 0.5) is 0 Å². The molecule has 1 heterocycles. The van der Waals surface area contributed by atoms with Crippen LogP contribution in [-0.4, -0.2) is 37.9 Å². The molecule has 1 aromatic heterocycles. The van der Waals surface area contributed by atoms with Crippen molar-refractivity contribution in [3.63, 3.8) is 0 Å². The number of carbonyl (C=O) groups is 1. The first-order valence-corrected chi connectivity index (χ1v) is 7.59. The summed E-state index contributed by atoms with van der Waals surface area (Å²) in [6.07, 6.45) is 1.65. The van der Waals surface area contributed by atoms with Gasteiger partial charge in [0.15, 0.2) is 12.4 Å². The molecule has 2 rings (SSSR count). The van der Waals surface area contributed by atoms with Gasteiger partial charge in [0.05, 0.1) is 15.2 Å². The molecule has 0 N–H and O–H groups in total. The first-order valence-electron chi connectivity index (χ1n) is 6.13. The normalized spacial score (nSPS) is 10.6. The second-order valence-corrected chi connectivity index (χ2v) is 5.64. The van der Waals surface area contributed by atoms with E-state index in [4.69, 9.17) is 25.8 Å². The Kier molecular flexibility index (Phi) is 6.01. The fraction of sp³-hybridized carbons (Fsp3) is 0.286. The Morgan fingerprint density at radius 3 is 3.00 bits per heavy atom. The van der Waals surface area contributed by atoms with Crippen molar-refractivity contribution in [3.05, 3.63) is 33.0 Å². The Balaban J connectivity index is 2.13. The van der Waals surface area contributed by atoms with Crippen molar-refractivity contribution in [1.29, 1.82) is 0 Å². The van der Waals surface area contributed by atoms with Crippen LogP contribution in [-0.2, 0) is 14.3 Å². The number of carbonyl (C=O) groups excluding carboxylic acids is 1. The fourth-order valence-corrected chi connectivity index (χ4v) is 2.86. The standard InChI is InChI=1S/C14H13ClINO4/c1-19-5-6-20-12(18)8-21-14-11(16)7-10(15)9-3-2-4-17-13(9)14/h2-4,7H,5-6,8H2,1H3. The van der Waals surface area contributed by atoms with Crippen molar-refractivity contribution in [2.75, 3.05) is 26.9 Å². The van der Waals surface area contributed by atoms with E-state index in [0.29, 0.717) is 22.9 Å². The first kappa shape index (κ1) is 16.3. The molecule has 0 radical (unpaired) electrons. The Morgan fingerprint density at radius 2 is 2.24 bits per heavy atom. The summed E-state index contributed by atoms with van der Waals surface area (Å²) in [5.41, 5.74) is 0.624. The van der Waals surface area contributed by atoms with Gasteiger partial charge in [-0.15, -0.1) is 0 Å². The van der Waals surface area contributed by atoms with E-state index in [1.807, 2.05) is 6.07 Å². The summed E-state index contributed by atoms with van der Waals surface area (Å²) in [4.78, 5) is 15.8. The van der Waals surface area contributed by atoms with Crippen molar-refractivity contribution in [1.82, 2.24) is 4.98 Å². The minimum Gasteiger partial charge on any atom is -0.478 e. The van der Waals surface area contributed by atoms with Gasteiger partial charge in [-0.3, -0.25) is 4.98 Å². The number of hydrogen-bond acceptors (Lipinski definition) is 5. The zero-order valence-corrected chi connectivity index (χ0v) is 14.2. The maximum Gasteiger partial charge on any atom is 0.344 e. The molecule has 1 aromatic carbocycles. The zero-order chi connectivity index (χ0) is 15.2. The van der Waals surface area contributed by atoms with Crippen LogP contribution < -0.4 is 4.74 Å². The van der Waals surface area contributed by atoms with Crippen LogP contribution in [0.3, 0.4) is 0 Å². The maximum absolute atomic E-state index is 11.6. The number of nitrogens with zero attached hydrogens (tertiary/aromatic N) is 1. The number of methoxy groups -OCH3 is 1. The average Bonchev–Trinajstić information content (AvgIpc) is 2.47. The average molecular weight is 422 g/mol. The SMILES string of the molecule is COCCOC(=O)COc1c(I)cc(Cl)c2cccnc12. The van der Waals surface area contributed by atoms with Gasteiger partial charge in [0.2, 0.25) is 0 Å². The molecule has 0 spiro atoms. The van der Waals surface area contributed by atoms with Gasteiger partial charge in [-0.1, -0.05) is 11.6 Å². The molecule has 0 unspecified atom stereocenters. The molecule has 0 aliphatic heterocycles. The number of benzene rings is 1. The number of aromatic nitrogens is 1. The lowest BCUT2D eigenvalue weighted by molar-refractivity contribution is -0.147. The third kappa shape index (κ3) is 4.18. The van der Waals surface area contributed by atoms with E-state index < -0.39 is 5.97 Å². The van der Waals surface area contributed by atoms with Crippen LogP contribution >= 0.6 is 34.2 Å². The molecule has 0 amide bonds. The molecular weight excluding hydrogens is 409 g/mol. The lowest BCUT2D eigenvalue weighted by Gasteiger charge is -2.11. The van der Waals surface area contributed by atoms with Crippen molar-refractivity contribution in [2.45, 2.75) is 0 Å². The third-order valence-electron chi connectivity index (χ3n) is 2.64. The zero-order valence-electron chi connectivity index (χ0n) is 11.3. The molecule has 0 saturated heterocycles. The first-order chi connectivity index (χ1) is 10.1. The summed E-state index contributed by atoms with van der Waals surface area (Å²) in [6, 6.07) is 5.42. The summed E-state index contributed by atoms with van der Waals surface area (Å²) >= 11 is 8.27. The Labute approximate surface area is 140 Å². The smallest absolute Gasteiger partial charge is 0.344 e. The lowest BCUT2D eigenvalue weighted by Crippen LogP contribution is -2.17. The highest BCUT2D eigenvalue weighted by molar-refractivity contribution is 14.1. The van der Waals surface area contributed by atoms with Gasteiger partial charge >= 0.3 is 5.97 Å². The largest absolute Gasteiger partial charge is 0.478 e. The van der Waals surface area contributed by atoms with E-state index in [9.17, 15) is 4.79 Å². The number of rotatable bonds is 6. The summed E-state index contributed by atoms with van der Waals surface area (Å²) in [7, 11) is 1.54. The highest BCUT2D eigenvalue weighted by Gasteiger charge is 2.14. The van der Waals surface area contributed by atoms with Gasteiger partial charge in [-0.2, -0.15) is 0 Å². The van der Waals surface area contributed by atoms with E-state index in [2.05, 4.69) is 27.6 Å². The molecule has 21 heavy (non-hydrogen) atoms. The van der Waals surface area contributed by atoms with Gasteiger partial charge in [-0.25, -0.2) is 4.79 Å². The fourth-order valence-electron chi connectivity index (χ4n) is 1.70. The van der Waals surface area contributed by atoms with Gasteiger partial charge in [0.1, 0.15) is 12.1 Å². The number of ether oxygens (including phenoxy) is 3. The number of fused-ring (bicyclic) bond motifs is 1. The molecule has 2 aromatic rings. The Hall–Kier alpha value is -1.12. The minimum absolute atomic E-state index is 0.187. The molecule has 0 atom stereocenters. The van der Waals surface area contributed by atoms with Gasteiger partial charge in [-0.05, 0) is 40.8 Å². The van der Waals surface area contributed by atoms with Crippen molar-refractivity contribution in [3.8, 4) is 5.75 Å². The number of esters is 1. The van der Waals surface area contributed by atoms with E-state index >= 15 is 0 Å². The Morgan fingerprint density at radius 1 is 1.43 bits per heavy atom. The maximum atomic E-state index is 11.6. The molecule has 0 aliphatic rings. The molecule has 0 fully saturated rings. The topological polar surface area (TPSA) is 57.7 Å². The van der Waals surface area contributed by atoms with E-state index in [-0.39, 0.29) is 13.2 Å². The minimum atomic E-state index is -0.457. The van der Waals surface area contributed by atoms with Crippen LogP contribution in [0, 0.1) is 3.57 Å². The lowest BCUT2D eigenvalue weighted by atomic mass is 10.2. The van der Waals surface area contributed by atoms with Crippen LogP contribution in [0.25, 0.3) is 10.9 Å². The molecule has 112 valence electrons. The second-order valence-electron chi connectivity index (χ2n) is 4.07. The van der Waals surface area contributed by atoms with E-state index in [1.54, 1.807) is 18.3 Å². The van der Waals surface area contributed by atoms with Crippen LogP contribution in [0.2, 0.25) is 5.02 Å². The summed E-state index contributed by atoms with van der Waals surface area (Å²) in [5, 5.41) is 1.37. The highest BCUT2D eigenvalue weighted by atomic mass is 127. The summed E-state index contributed by atoms with van der Waals surface area (Å²) in [5.74, 6) is 0.0705. The predicted octanol–water partition coefficient (Wildman–Crippen LogP) is 3.06. The van der Waals surface area contributed by atoms with Crippen LogP contribution in [0.15, 0.2) is 24.4 Å². The quantitative estimate of drug-likeness (QED) is 0.408. The third-order valence-corrected chi connectivity index (χ3v) is 3.75. The van der Waals surface area contributed by atoms with E-state index in [0.717, 1.165) is 8.96 Å². The number of halogens is 2. The second kappa shape index (κ2) is 7.77. The van der Waals surface area contributed by atoms with Crippen LogP contribution in [0.1, 0.15) is 0 Å². The number of hydrogen-bond donors (Lipinski definition) is 0. The molecule has 0 bridgehead atoms. The van der Waals surface area contributed by atoms with Crippen LogP contribution in [0.5, 0.6) is 5.75 Å². The molecule has 0 saturated carbocycles. The summed E-state index contributed by atoms with van der Waals surface area (Å²) < 4.78 is 16.1. The van der Waals surface area contributed by atoms with Crippen molar-refractivity contribution < 1.29 is 19.0 Å². The number of pyridine rings is 1. The molecule has 5 nitrogen and oxygen atoms in total. The Bertz CT molecular complexity index is 650.